The van der Waals surface area contributed by atoms with Gasteiger partial charge in [-0.3, -0.25) is 4.79 Å². The summed E-state index contributed by atoms with van der Waals surface area (Å²) in [7, 11) is 1.54. The van der Waals surface area contributed by atoms with Crippen LogP contribution >= 0.6 is 0 Å². The molecule has 0 bridgehead atoms. The Morgan fingerprint density at radius 2 is 1.91 bits per heavy atom. The minimum Gasteiger partial charge on any atom is -0.497 e. The van der Waals surface area contributed by atoms with Crippen molar-refractivity contribution in [1.82, 2.24) is 5.32 Å². The lowest BCUT2D eigenvalue weighted by Gasteiger charge is -2.13. The molecule has 5 nitrogen and oxygen atoms in total. The number of methoxy groups -OCH3 is 1. The van der Waals surface area contributed by atoms with Gasteiger partial charge in [0, 0.05) is 5.56 Å². The molecule has 1 N–H and O–H groups in total. The largest absolute Gasteiger partial charge is 0.497 e. The molecule has 0 aliphatic carbocycles. The third-order valence-electron chi connectivity index (χ3n) is 3.53. The van der Waals surface area contributed by atoms with Crippen LogP contribution in [0.5, 0.6) is 5.75 Å². The Bertz CT molecular complexity index is 502. The number of nitrogens with one attached hydrogen (secondary N) is 1. The van der Waals surface area contributed by atoms with Gasteiger partial charge in [0.05, 0.1) is 13.7 Å². The second-order valence-corrected chi connectivity index (χ2v) is 5.51. The third kappa shape index (κ3) is 7.17. The maximum Gasteiger partial charge on any atom is 0.328 e. The van der Waals surface area contributed by atoms with Crippen LogP contribution in [0.25, 0.3) is 0 Å². The molecular formula is C18H27NO4. The molecule has 23 heavy (non-hydrogen) atoms. The predicted molar refractivity (Wildman–Crippen MR) is 89.6 cm³/mol. The molecule has 0 fully saturated rings. The lowest BCUT2D eigenvalue weighted by atomic mass is 10.2. The molecule has 0 heterocycles. The highest BCUT2D eigenvalue weighted by Crippen LogP contribution is 2.12. The number of benzene rings is 1. The lowest BCUT2D eigenvalue weighted by Crippen LogP contribution is -2.39. The van der Waals surface area contributed by atoms with E-state index in [9.17, 15) is 9.59 Å². The molecule has 0 saturated carbocycles. The fourth-order valence-corrected chi connectivity index (χ4v) is 2.11. The minimum atomic E-state index is -0.677. The summed E-state index contributed by atoms with van der Waals surface area (Å²) in [4.78, 5) is 24.0. The lowest BCUT2D eigenvalue weighted by molar-refractivity contribution is -0.145. The first-order valence-corrected chi connectivity index (χ1v) is 8.20. The Labute approximate surface area is 138 Å². The van der Waals surface area contributed by atoms with Crippen molar-refractivity contribution < 1.29 is 19.1 Å². The summed E-state index contributed by atoms with van der Waals surface area (Å²) in [5.74, 6) is -0.131. The second-order valence-electron chi connectivity index (χ2n) is 5.51. The first-order valence-electron chi connectivity index (χ1n) is 8.20. The van der Waals surface area contributed by atoms with Gasteiger partial charge in [-0.15, -0.1) is 0 Å². The molecule has 0 saturated heterocycles. The molecule has 128 valence electrons. The zero-order valence-electron chi connectivity index (χ0n) is 14.3. The highest BCUT2D eigenvalue weighted by atomic mass is 16.5. The van der Waals surface area contributed by atoms with E-state index in [0.29, 0.717) is 17.9 Å². The summed E-state index contributed by atoms with van der Waals surface area (Å²) in [5.41, 5.74) is 0.448. The number of amides is 1. The summed E-state index contributed by atoms with van der Waals surface area (Å²) in [5, 5.41) is 2.64. The van der Waals surface area contributed by atoms with Crippen molar-refractivity contribution in [2.75, 3.05) is 13.7 Å². The Balaban J connectivity index is 2.34. The van der Waals surface area contributed by atoms with Crippen LogP contribution < -0.4 is 10.1 Å². The van der Waals surface area contributed by atoms with E-state index < -0.39 is 12.0 Å². The molecule has 1 aromatic carbocycles. The Morgan fingerprint density at radius 1 is 1.17 bits per heavy atom. The molecule has 5 heteroatoms. The maximum atomic E-state index is 12.1. The maximum absolute atomic E-state index is 12.1. The van der Waals surface area contributed by atoms with Crippen molar-refractivity contribution in [1.29, 1.82) is 0 Å². The van der Waals surface area contributed by atoms with Crippen molar-refractivity contribution in [3.05, 3.63) is 29.8 Å². The molecule has 0 radical (unpaired) electrons. The smallest absolute Gasteiger partial charge is 0.328 e. The Kier molecular flexibility index (Phi) is 8.80. The molecule has 0 unspecified atom stereocenters. The first-order chi connectivity index (χ1) is 11.1. The Hall–Kier alpha value is -2.04. The standard InChI is InChI=1S/C18H27NO4/c1-4-5-6-7-8-12-23-18(21)14(2)19-17(20)15-10-9-11-16(13-15)22-3/h9-11,13-14H,4-8,12H2,1-3H3,(H,19,20)/t14-/m0/s1. The van der Waals surface area contributed by atoms with E-state index in [0.717, 1.165) is 19.3 Å². The van der Waals surface area contributed by atoms with E-state index >= 15 is 0 Å². The summed E-state index contributed by atoms with van der Waals surface area (Å²) >= 11 is 0. The van der Waals surface area contributed by atoms with Crippen LogP contribution in [-0.4, -0.2) is 31.6 Å². The van der Waals surface area contributed by atoms with Crippen molar-refractivity contribution >= 4 is 11.9 Å². The van der Waals surface area contributed by atoms with Crippen LogP contribution in [0.3, 0.4) is 0 Å². The summed E-state index contributed by atoms with van der Waals surface area (Å²) in [6.45, 7) is 4.19. The first kappa shape index (κ1) is 19.0. The average molecular weight is 321 g/mol. The number of carbonyl (C=O) groups excluding carboxylic acids is 2. The molecular weight excluding hydrogens is 294 g/mol. The van der Waals surface area contributed by atoms with Gasteiger partial charge >= 0.3 is 5.97 Å². The molecule has 1 atom stereocenters. The number of ether oxygens (including phenoxy) is 2. The number of carbonyl (C=O) groups is 2. The summed E-state index contributed by atoms with van der Waals surface area (Å²) < 4.78 is 10.3. The van der Waals surface area contributed by atoms with Crippen molar-refractivity contribution in [3.63, 3.8) is 0 Å². The van der Waals surface area contributed by atoms with Gasteiger partial charge < -0.3 is 14.8 Å². The van der Waals surface area contributed by atoms with E-state index in [1.165, 1.54) is 20.0 Å². The number of rotatable bonds is 10. The quantitative estimate of drug-likeness (QED) is 0.530. The molecule has 0 spiro atoms. The SMILES string of the molecule is CCCCCCCOC(=O)[C@H](C)NC(=O)c1cccc(OC)c1. The zero-order valence-corrected chi connectivity index (χ0v) is 14.3. The van der Waals surface area contributed by atoms with Crippen LogP contribution in [0.1, 0.15) is 56.3 Å². The summed E-state index contributed by atoms with van der Waals surface area (Å²) in [6, 6.07) is 6.11. The van der Waals surface area contributed by atoms with E-state index in [4.69, 9.17) is 9.47 Å². The monoisotopic (exact) mass is 321 g/mol. The van der Waals surface area contributed by atoms with Crippen LogP contribution in [0.15, 0.2) is 24.3 Å². The Morgan fingerprint density at radius 3 is 2.61 bits per heavy atom. The number of hydrogen-bond acceptors (Lipinski definition) is 4. The van der Waals surface area contributed by atoms with E-state index in [1.54, 1.807) is 31.2 Å². The zero-order chi connectivity index (χ0) is 17.1. The fourth-order valence-electron chi connectivity index (χ4n) is 2.11. The van der Waals surface area contributed by atoms with E-state index in [2.05, 4.69) is 12.2 Å². The molecule has 1 amide bonds. The summed E-state index contributed by atoms with van der Waals surface area (Å²) in [6.07, 6.45) is 5.48. The highest BCUT2D eigenvalue weighted by molar-refractivity contribution is 5.97. The van der Waals surface area contributed by atoms with Gasteiger partial charge in [0.2, 0.25) is 0 Å². The van der Waals surface area contributed by atoms with Crippen molar-refractivity contribution in [3.8, 4) is 5.75 Å². The molecule has 0 aliphatic rings. The van der Waals surface area contributed by atoms with Gasteiger partial charge in [-0.2, -0.15) is 0 Å². The molecule has 1 rings (SSSR count). The molecule has 0 aliphatic heterocycles. The topological polar surface area (TPSA) is 64.6 Å². The van der Waals surface area contributed by atoms with E-state index in [-0.39, 0.29) is 5.91 Å². The van der Waals surface area contributed by atoms with Gasteiger partial charge in [0.15, 0.2) is 0 Å². The minimum absolute atomic E-state index is 0.323. The molecule has 1 aromatic rings. The van der Waals surface area contributed by atoms with Crippen LogP contribution in [0.2, 0.25) is 0 Å². The van der Waals surface area contributed by atoms with Crippen LogP contribution in [-0.2, 0) is 9.53 Å². The number of unbranched alkanes of at least 4 members (excludes halogenated alkanes) is 4. The predicted octanol–water partition coefficient (Wildman–Crippen LogP) is 3.33. The fraction of sp³-hybridized carbons (Fsp3) is 0.556. The normalized spacial score (nSPS) is 11.6. The van der Waals surface area contributed by atoms with Gasteiger partial charge in [-0.05, 0) is 31.5 Å². The van der Waals surface area contributed by atoms with Crippen molar-refractivity contribution in [2.24, 2.45) is 0 Å². The third-order valence-corrected chi connectivity index (χ3v) is 3.53. The van der Waals surface area contributed by atoms with Crippen LogP contribution in [0.4, 0.5) is 0 Å². The second kappa shape index (κ2) is 10.6. The van der Waals surface area contributed by atoms with Crippen molar-refractivity contribution in [2.45, 2.75) is 52.0 Å². The van der Waals surface area contributed by atoms with Gasteiger partial charge in [-0.1, -0.05) is 38.7 Å². The van der Waals surface area contributed by atoms with Crippen LogP contribution in [0, 0.1) is 0 Å². The van der Waals surface area contributed by atoms with E-state index in [1.807, 2.05) is 0 Å². The van der Waals surface area contributed by atoms with Gasteiger partial charge in [0.25, 0.3) is 5.91 Å². The number of esters is 1. The number of hydrogen-bond donors (Lipinski definition) is 1. The highest BCUT2D eigenvalue weighted by Gasteiger charge is 2.18. The van der Waals surface area contributed by atoms with Gasteiger partial charge in [0.1, 0.15) is 11.8 Å². The molecule has 0 aromatic heterocycles. The average Bonchev–Trinajstić information content (AvgIpc) is 2.57. The van der Waals surface area contributed by atoms with Gasteiger partial charge in [-0.25, -0.2) is 4.79 Å².